The van der Waals surface area contributed by atoms with Gasteiger partial charge in [-0.1, -0.05) is 6.07 Å². The minimum absolute atomic E-state index is 0.0183. The van der Waals surface area contributed by atoms with Gasteiger partial charge in [0.1, 0.15) is 18.5 Å². The Kier molecular flexibility index (Phi) is 3.60. The molecule has 122 valence electrons. The second kappa shape index (κ2) is 5.92. The molecule has 0 bridgehead atoms. The van der Waals surface area contributed by atoms with E-state index in [9.17, 15) is 4.79 Å². The lowest BCUT2D eigenvalue weighted by Crippen LogP contribution is -2.31. The number of amides is 1. The van der Waals surface area contributed by atoms with Crippen molar-refractivity contribution in [3.05, 3.63) is 60.2 Å². The van der Waals surface area contributed by atoms with Gasteiger partial charge >= 0.3 is 0 Å². The number of aryl methyl sites for hydroxylation is 1. The van der Waals surface area contributed by atoms with E-state index in [0.717, 1.165) is 36.6 Å². The third kappa shape index (κ3) is 2.58. The van der Waals surface area contributed by atoms with Crippen molar-refractivity contribution >= 4 is 5.91 Å². The molecule has 1 aliphatic heterocycles. The second-order valence-corrected chi connectivity index (χ2v) is 6.03. The molecule has 1 atom stereocenters. The number of likely N-dealkylation sites (tertiary alicyclic amines) is 1. The predicted molar refractivity (Wildman–Crippen MR) is 87.7 cm³/mol. The van der Waals surface area contributed by atoms with Crippen LogP contribution in [-0.2, 0) is 0 Å². The van der Waals surface area contributed by atoms with E-state index in [4.69, 9.17) is 0 Å². The highest BCUT2D eigenvalue weighted by molar-refractivity contribution is 5.95. The van der Waals surface area contributed by atoms with E-state index in [0.29, 0.717) is 5.56 Å². The van der Waals surface area contributed by atoms with Crippen LogP contribution < -0.4 is 0 Å². The number of carbonyl (C=O) groups is 1. The Balaban J connectivity index is 1.62. The van der Waals surface area contributed by atoms with Crippen LogP contribution in [0.3, 0.4) is 0 Å². The largest absolute Gasteiger partial charge is 0.344 e. The summed E-state index contributed by atoms with van der Waals surface area (Å²) in [6.07, 6.45) is 6.97. The molecule has 4 rings (SSSR count). The van der Waals surface area contributed by atoms with Gasteiger partial charge in [0.2, 0.25) is 0 Å². The fraction of sp³-hybridized carbons (Fsp3) is 0.294. The summed E-state index contributed by atoms with van der Waals surface area (Å²) in [5, 5.41) is 7.62. The molecule has 1 aliphatic rings. The topological polar surface area (TPSA) is 79.7 Å². The molecular weight excluding hydrogens is 304 g/mol. The zero-order chi connectivity index (χ0) is 16.5. The molecule has 7 nitrogen and oxygen atoms in total. The maximum atomic E-state index is 13.0. The summed E-state index contributed by atoms with van der Waals surface area (Å²) >= 11 is 0. The number of nitrogens with one attached hydrogen (secondary N) is 1. The van der Waals surface area contributed by atoms with Crippen LogP contribution >= 0.6 is 0 Å². The van der Waals surface area contributed by atoms with Crippen molar-refractivity contribution in [3.8, 4) is 5.69 Å². The average molecular weight is 322 g/mol. The number of aromatic amines is 1. The number of aromatic nitrogens is 5. The van der Waals surface area contributed by atoms with Crippen molar-refractivity contribution in [2.75, 3.05) is 6.54 Å². The van der Waals surface area contributed by atoms with Crippen LogP contribution in [0.5, 0.6) is 0 Å². The van der Waals surface area contributed by atoms with Gasteiger partial charge in [-0.05, 0) is 38.0 Å². The molecule has 3 heterocycles. The lowest BCUT2D eigenvalue weighted by atomic mass is 10.1. The molecule has 0 saturated carbocycles. The van der Waals surface area contributed by atoms with Crippen molar-refractivity contribution in [2.45, 2.75) is 25.8 Å². The highest BCUT2D eigenvalue weighted by Gasteiger charge is 2.32. The molecule has 24 heavy (non-hydrogen) atoms. The number of H-pyrrole nitrogens is 1. The second-order valence-electron chi connectivity index (χ2n) is 6.03. The van der Waals surface area contributed by atoms with Gasteiger partial charge in [-0.3, -0.25) is 9.36 Å². The normalized spacial score (nSPS) is 17.4. The quantitative estimate of drug-likeness (QED) is 0.802. The maximum Gasteiger partial charge on any atom is 0.254 e. The van der Waals surface area contributed by atoms with E-state index in [1.54, 1.807) is 17.2 Å². The smallest absolute Gasteiger partial charge is 0.254 e. The van der Waals surface area contributed by atoms with E-state index in [1.165, 1.54) is 0 Å². The van der Waals surface area contributed by atoms with Crippen molar-refractivity contribution in [1.29, 1.82) is 0 Å². The van der Waals surface area contributed by atoms with E-state index < -0.39 is 0 Å². The molecule has 1 unspecified atom stereocenters. The molecule has 1 N–H and O–H groups in total. The first-order valence-corrected chi connectivity index (χ1v) is 8.00. The van der Waals surface area contributed by atoms with Crippen LogP contribution in [0.1, 0.15) is 40.8 Å². The Morgan fingerprint density at radius 3 is 2.88 bits per heavy atom. The molecule has 1 saturated heterocycles. The van der Waals surface area contributed by atoms with Gasteiger partial charge in [-0.2, -0.15) is 0 Å². The van der Waals surface area contributed by atoms with Crippen LogP contribution in [0.15, 0.2) is 43.1 Å². The summed E-state index contributed by atoms with van der Waals surface area (Å²) in [5.74, 6) is 0.898. The van der Waals surface area contributed by atoms with Gasteiger partial charge in [-0.25, -0.2) is 4.98 Å². The summed E-state index contributed by atoms with van der Waals surface area (Å²) in [5.41, 5.74) is 2.55. The van der Waals surface area contributed by atoms with Gasteiger partial charge in [0.05, 0.1) is 6.04 Å². The van der Waals surface area contributed by atoms with Crippen molar-refractivity contribution in [2.24, 2.45) is 0 Å². The van der Waals surface area contributed by atoms with E-state index in [2.05, 4.69) is 20.2 Å². The first kappa shape index (κ1) is 14.6. The SMILES string of the molecule is Cc1cnc(C2CCCN2C(=O)c2cccc(-n3cnnc3)c2)[nH]1. The van der Waals surface area contributed by atoms with Gasteiger partial charge in [-0.15, -0.1) is 10.2 Å². The summed E-state index contributed by atoms with van der Waals surface area (Å²) in [4.78, 5) is 22.6. The third-order valence-electron chi connectivity index (χ3n) is 4.36. The minimum Gasteiger partial charge on any atom is -0.344 e. The lowest BCUT2D eigenvalue weighted by molar-refractivity contribution is 0.0730. The van der Waals surface area contributed by atoms with E-state index >= 15 is 0 Å². The first-order chi connectivity index (χ1) is 11.7. The fourth-order valence-corrected chi connectivity index (χ4v) is 3.20. The molecule has 0 spiro atoms. The summed E-state index contributed by atoms with van der Waals surface area (Å²) in [6.45, 7) is 2.72. The van der Waals surface area contributed by atoms with Crippen molar-refractivity contribution in [1.82, 2.24) is 29.6 Å². The number of nitrogens with zero attached hydrogens (tertiary/aromatic N) is 5. The Labute approximate surface area is 139 Å². The molecule has 3 aromatic rings. The van der Waals surface area contributed by atoms with Crippen LogP contribution in [0.2, 0.25) is 0 Å². The molecule has 2 aromatic heterocycles. The van der Waals surface area contributed by atoms with Crippen LogP contribution in [0.4, 0.5) is 0 Å². The highest BCUT2D eigenvalue weighted by atomic mass is 16.2. The molecule has 1 fully saturated rings. The average Bonchev–Trinajstić information content (AvgIpc) is 3.35. The maximum absolute atomic E-state index is 13.0. The number of rotatable bonds is 3. The first-order valence-electron chi connectivity index (χ1n) is 8.00. The Hall–Kier alpha value is -2.96. The van der Waals surface area contributed by atoms with E-state index in [1.807, 2.05) is 42.3 Å². The van der Waals surface area contributed by atoms with Crippen LogP contribution in [0.25, 0.3) is 5.69 Å². The molecule has 0 radical (unpaired) electrons. The molecule has 0 aliphatic carbocycles. The Bertz CT molecular complexity index is 854. The van der Waals surface area contributed by atoms with E-state index in [-0.39, 0.29) is 11.9 Å². The minimum atomic E-state index is 0.0183. The summed E-state index contributed by atoms with van der Waals surface area (Å²) < 4.78 is 1.79. The van der Waals surface area contributed by atoms with Gasteiger partial charge < -0.3 is 9.88 Å². The van der Waals surface area contributed by atoms with Crippen LogP contribution in [0, 0.1) is 6.92 Å². The lowest BCUT2D eigenvalue weighted by Gasteiger charge is -2.23. The summed E-state index contributed by atoms with van der Waals surface area (Å²) in [7, 11) is 0. The monoisotopic (exact) mass is 322 g/mol. The van der Waals surface area contributed by atoms with Gasteiger partial charge in [0.15, 0.2) is 0 Å². The number of hydrogen-bond acceptors (Lipinski definition) is 4. The number of carbonyl (C=O) groups excluding carboxylic acids is 1. The van der Waals surface area contributed by atoms with Gasteiger partial charge in [0.25, 0.3) is 5.91 Å². The Morgan fingerprint density at radius 2 is 2.12 bits per heavy atom. The fourth-order valence-electron chi connectivity index (χ4n) is 3.20. The van der Waals surface area contributed by atoms with Gasteiger partial charge in [0, 0.05) is 29.7 Å². The summed E-state index contributed by atoms with van der Waals surface area (Å²) in [6, 6.07) is 7.54. The van der Waals surface area contributed by atoms with Crippen molar-refractivity contribution in [3.63, 3.8) is 0 Å². The van der Waals surface area contributed by atoms with Crippen molar-refractivity contribution < 1.29 is 4.79 Å². The third-order valence-corrected chi connectivity index (χ3v) is 4.36. The zero-order valence-electron chi connectivity index (χ0n) is 13.4. The molecular formula is C17H18N6O. The predicted octanol–water partition coefficient (Wildman–Crippen LogP) is 2.28. The number of hydrogen-bond donors (Lipinski definition) is 1. The Morgan fingerprint density at radius 1 is 1.29 bits per heavy atom. The zero-order valence-corrected chi connectivity index (χ0v) is 13.4. The highest BCUT2D eigenvalue weighted by Crippen LogP contribution is 2.31. The molecule has 1 aromatic carbocycles. The molecule has 7 heteroatoms. The number of benzene rings is 1. The number of imidazole rings is 1. The van der Waals surface area contributed by atoms with Crippen LogP contribution in [-0.4, -0.2) is 42.1 Å². The molecule has 1 amide bonds. The standard InChI is InChI=1S/C17H18N6O/c1-12-9-18-16(21-12)15-6-3-7-23(15)17(24)13-4-2-5-14(8-13)22-10-19-20-11-22/h2,4-5,8-11,15H,3,6-7H2,1H3,(H,18,21).